The van der Waals surface area contributed by atoms with Crippen molar-refractivity contribution in [1.29, 1.82) is 0 Å². The van der Waals surface area contributed by atoms with Crippen molar-refractivity contribution in [3.63, 3.8) is 0 Å². The van der Waals surface area contributed by atoms with Gasteiger partial charge in [-0.25, -0.2) is 14.4 Å². The summed E-state index contributed by atoms with van der Waals surface area (Å²) >= 11 is 3.25. The molecule has 1 fully saturated rings. The Morgan fingerprint density at radius 3 is 2.52 bits per heavy atom. The number of ether oxygens (including phenoxy) is 2. The van der Waals surface area contributed by atoms with Gasteiger partial charge in [-0.1, -0.05) is 36.2 Å². The summed E-state index contributed by atoms with van der Waals surface area (Å²) in [6.45, 7) is 8.88. The van der Waals surface area contributed by atoms with E-state index in [-0.39, 0.29) is 5.82 Å². The highest BCUT2D eigenvalue weighted by molar-refractivity contribution is 9.10. The van der Waals surface area contributed by atoms with Gasteiger partial charge in [-0.15, -0.1) is 0 Å². The molecule has 0 unspecified atom stereocenters. The van der Waals surface area contributed by atoms with Crippen molar-refractivity contribution in [2.24, 2.45) is 0 Å². The summed E-state index contributed by atoms with van der Waals surface area (Å²) < 4.78 is 26.0. The van der Waals surface area contributed by atoms with Gasteiger partial charge in [-0.05, 0) is 63.2 Å². The molecule has 3 aromatic rings. The van der Waals surface area contributed by atoms with Gasteiger partial charge < -0.3 is 19.7 Å². The maximum atomic E-state index is 14.1. The van der Waals surface area contributed by atoms with Crippen LogP contribution in [0.1, 0.15) is 39.5 Å². The number of likely N-dealkylation sites (tertiary alicyclic amines) is 1. The first-order valence-corrected chi connectivity index (χ1v) is 12.2. The lowest BCUT2D eigenvalue weighted by Crippen LogP contribution is -2.17. The maximum Gasteiger partial charge on any atom is 0.163 e. The first-order valence-electron chi connectivity index (χ1n) is 11.5. The van der Waals surface area contributed by atoms with E-state index in [1.54, 1.807) is 25.3 Å². The molecule has 8 heteroatoms. The molecule has 0 atom stereocenters. The molecule has 1 aromatic heterocycles. The molecule has 1 N–H and O–H groups in total. The second-order valence-electron chi connectivity index (χ2n) is 7.84. The van der Waals surface area contributed by atoms with Crippen molar-refractivity contribution in [2.45, 2.75) is 39.5 Å². The SMILES string of the molecule is CCCCOc1cc2ncnc(Nc3ccc(Br)cc3F)c2cc1OC.CCN1CCCC1. The van der Waals surface area contributed by atoms with Crippen LogP contribution in [0.2, 0.25) is 0 Å². The van der Waals surface area contributed by atoms with E-state index in [9.17, 15) is 4.39 Å². The summed E-state index contributed by atoms with van der Waals surface area (Å²) in [5.74, 6) is 1.34. The van der Waals surface area contributed by atoms with Crippen LogP contribution >= 0.6 is 15.9 Å². The summed E-state index contributed by atoms with van der Waals surface area (Å²) in [4.78, 5) is 11.0. The van der Waals surface area contributed by atoms with E-state index < -0.39 is 0 Å². The molecule has 4 rings (SSSR count). The van der Waals surface area contributed by atoms with Crippen LogP contribution in [0.3, 0.4) is 0 Å². The highest BCUT2D eigenvalue weighted by atomic mass is 79.9. The summed E-state index contributed by atoms with van der Waals surface area (Å²) in [5.41, 5.74) is 1.02. The van der Waals surface area contributed by atoms with Crippen LogP contribution in [-0.4, -0.2) is 48.2 Å². The van der Waals surface area contributed by atoms with Crippen LogP contribution in [0.4, 0.5) is 15.9 Å². The number of nitrogens with one attached hydrogen (secondary N) is 1. The number of hydrogen-bond acceptors (Lipinski definition) is 6. The predicted octanol–water partition coefficient (Wildman–Crippen LogP) is 6.56. The molecule has 0 bridgehead atoms. The van der Waals surface area contributed by atoms with Gasteiger partial charge in [0.15, 0.2) is 11.5 Å². The molecule has 178 valence electrons. The molecule has 2 heterocycles. The van der Waals surface area contributed by atoms with Gasteiger partial charge in [0.1, 0.15) is 18.0 Å². The van der Waals surface area contributed by atoms with Crippen molar-refractivity contribution < 1.29 is 13.9 Å². The standard InChI is InChI=1S/C19H19BrFN3O2.C6H13N/c1-3-4-7-26-18-10-16-13(9-17(18)25-2)19(23-11-22-16)24-15-6-5-12(20)8-14(15)21;1-2-7-5-3-4-6-7/h5-6,8-11H,3-4,7H2,1-2H3,(H,22,23,24);2-6H2,1H3. The Bertz CT molecular complexity index is 1040. The number of anilines is 2. The third-order valence-electron chi connectivity index (χ3n) is 5.51. The lowest BCUT2D eigenvalue weighted by atomic mass is 10.2. The molecule has 2 aromatic carbocycles. The Balaban J connectivity index is 0.000000374. The number of methoxy groups -OCH3 is 1. The van der Waals surface area contributed by atoms with Crippen molar-refractivity contribution in [3.05, 3.63) is 46.9 Å². The number of fused-ring (bicyclic) bond motifs is 1. The maximum absolute atomic E-state index is 14.1. The fraction of sp³-hybridized carbons (Fsp3) is 0.440. The Morgan fingerprint density at radius 2 is 1.88 bits per heavy atom. The minimum Gasteiger partial charge on any atom is -0.493 e. The van der Waals surface area contributed by atoms with Gasteiger partial charge >= 0.3 is 0 Å². The van der Waals surface area contributed by atoms with E-state index in [2.05, 4.69) is 50.0 Å². The second-order valence-corrected chi connectivity index (χ2v) is 8.75. The van der Waals surface area contributed by atoms with Crippen LogP contribution in [0.25, 0.3) is 10.9 Å². The Kier molecular flexibility index (Phi) is 9.69. The van der Waals surface area contributed by atoms with Crippen molar-refractivity contribution >= 4 is 38.3 Å². The largest absolute Gasteiger partial charge is 0.493 e. The van der Waals surface area contributed by atoms with Gasteiger partial charge in [0.25, 0.3) is 0 Å². The van der Waals surface area contributed by atoms with Crippen LogP contribution < -0.4 is 14.8 Å². The molecule has 0 amide bonds. The molecule has 6 nitrogen and oxygen atoms in total. The van der Waals surface area contributed by atoms with Gasteiger partial charge in [0, 0.05) is 15.9 Å². The van der Waals surface area contributed by atoms with Crippen LogP contribution in [0.15, 0.2) is 41.1 Å². The van der Waals surface area contributed by atoms with Gasteiger partial charge in [-0.2, -0.15) is 0 Å². The Morgan fingerprint density at radius 1 is 1.09 bits per heavy atom. The second kappa shape index (κ2) is 12.7. The zero-order valence-corrected chi connectivity index (χ0v) is 21.1. The molecule has 1 saturated heterocycles. The topological polar surface area (TPSA) is 59.5 Å². The third-order valence-corrected chi connectivity index (χ3v) is 6.00. The molecule has 0 saturated carbocycles. The van der Waals surface area contributed by atoms with Gasteiger partial charge in [0.2, 0.25) is 0 Å². The zero-order chi connectivity index (χ0) is 23.6. The Labute approximate surface area is 203 Å². The third kappa shape index (κ3) is 7.01. The lowest BCUT2D eigenvalue weighted by Gasteiger charge is -2.14. The molecule has 0 radical (unpaired) electrons. The molecular weight excluding hydrogens is 487 g/mol. The number of hydrogen-bond donors (Lipinski definition) is 1. The van der Waals surface area contributed by atoms with E-state index in [0.29, 0.717) is 39.6 Å². The number of rotatable bonds is 8. The predicted molar refractivity (Wildman–Crippen MR) is 135 cm³/mol. The monoisotopic (exact) mass is 518 g/mol. The van der Waals surface area contributed by atoms with E-state index >= 15 is 0 Å². The van der Waals surface area contributed by atoms with Crippen LogP contribution in [-0.2, 0) is 0 Å². The van der Waals surface area contributed by atoms with Crippen molar-refractivity contribution in [3.8, 4) is 11.5 Å². The fourth-order valence-electron chi connectivity index (χ4n) is 3.58. The van der Waals surface area contributed by atoms with E-state index in [0.717, 1.165) is 18.2 Å². The number of nitrogens with zero attached hydrogens (tertiary/aromatic N) is 3. The molecule has 0 spiro atoms. The highest BCUT2D eigenvalue weighted by Crippen LogP contribution is 2.35. The first-order chi connectivity index (χ1) is 16.0. The number of aromatic nitrogens is 2. The molecule has 33 heavy (non-hydrogen) atoms. The summed E-state index contributed by atoms with van der Waals surface area (Å²) in [7, 11) is 1.58. The minimum atomic E-state index is -0.377. The average Bonchev–Trinajstić information content (AvgIpc) is 3.35. The summed E-state index contributed by atoms with van der Waals surface area (Å²) in [6, 6.07) is 8.41. The number of unbranched alkanes of at least 4 members (excludes halogenated alkanes) is 1. The highest BCUT2D eigenvalue weighted by Gasteiger charge is 2.13. The molecule has 0 aliphatic carbocycles. The van der Waals surface area contributed by atoms with Gasteiger partial charge in [0.05, 0.1) is 24.9 Å². The van der Waals surface area contributed by atoms with Crippen LogP contribution in [0.5, 0.6) is 11.5 Å². The quantitative estimate of drug-likeness (QED) is 0.340. The summed E-state index contributed by atoms with van der Waals surface area (Å²) in [6.07, 6.45) is 6.29. The van der Waals surface area contributed by atoms with Crippen molar-refractivity contribution in [1.82, 2.24) is 14.9 Å². The minimum absolute atomic E-state index is 0.329. The summed E-state index contributed by atoms with van der Waals surface area (Å²) in [5, 5.41) is 3.74. The number of benzene rings is 2. The molecular formula is C25H32BrFN4O2. The van der Waals surface area contributed by atoms with E-state index in [1.807, 2.05) is 6.07 Å². The normalized spacial score (nSPS) is 13.5. The van der Waals surface area contributed by atoms with Gasteiger partial charge in [-0.3, -0.25) is 0 Å². The smallest absolute Gasteiger partial charge is 0.163 e. The number of halogens is 2. The Hall–Kier alpha value is -2.45. The molecule has 1 aliphatic rings. The first kappa shape index (κ1) is 25.2. The molecule has 1 aliphatic heterocycles. The van der Waals surface area contributed by atoms with Crippen molar-refractivity contribution in [2.75, 3.05) is 38.7 Å². The van der Waals surface area contributed by atoms with E-state index in [4.69, 9.17) is 9.47 Å². The van der Waals surface area contributed by atoms with E-state index in [1.165, 1.54) is 44.9 Å². The lowest BCUT2D eigenvalue weighted by molar-refractivity contribution is 0.289. The fourth-order valence-corrected chi connectivity index (χ4v) is 3.91. The zero-order valence-electron chi connectivity index (χ0n) is 19.5. The average molecular weight is 519 g/mol. The van der Waals surface area contributed by atoms with Crippen LogP contribution in [0, 0.1) is 5.82 Å².